The van der Waals surface area contributed by atoms with E-state index >= 15 is 0 Å². The lowest BCUT2D eigenvalue weighted by Crippen LogP contribution is -2.51. The van der Waals surface area contributed by atoms with Crippen LogP contribution in [0.25, 0.3) is 0 Å². The molecule has 2 heterocycles. The Labute approximate surface area is 124 Å². The molecule has 0 bridgehead atoms. The number of nitrogens with zero attached hydrogens (tertiary/aromatic N) is 3. The van der Waals surface area contributed by atoms with Gasteiger partial charge < -0.3 is 26.0 Å². The third kappa shape index (κ3) is 3.36. The maximum Gasteiger partial charge on any atom is 0.246 e. The van der Waals surface area contributed by atoms with Crippen molar-refractivity contribution in [2.75, 3.05) is 43.8 Å². The molecule has 21 heavy (non-hydrogen) atoms. The molecule has 0 radical (unpaired) electrons. The van der Waals surface area contributed by atoms with E-state index in [9.17, 15) is 4.79 Å². The molecule has 1 saturated heterocycles. The van der Waals surface area contributed by atoms with Crippen LogP contribution in [0.5, 0.6) is 0 Å². The minimum absolute atomic E-state index is 0.0228. The zero-order chi connectivity index (χ0) is 15.4. The Balaban J connectivity index is 2.24. The van der Waals surface area contributed by atoms with Gasteiger partial charge in [0.2, 0.25) is 5.91 Å². The molecule has 0 aliphatic carbocycles. The molecular weight excluding hydrogens is 270 g/mol. The van der Waals surface area contributed by atoms with E-state index in [4.69, 9.17) is 16.2 Å². The van der Waals surface area contributed by atoms with Crippen molar-refractivity contribution in [2.45, 2.75) is 25.3 Å². The van der Waals surface area contributed by atoms with E-state index in [0.717, 1.165) is 25.8 Å². The van der Waals surface area contributed by atoms with E-state index in [-0.39, 0.29) is 18.7 Å². The highest BCUT2D eigenvalue weighted by Gasteiger charge is 2.32. The Kier molecular flexibility index (Phi) is 4.85. The van der Waals surface area contributed by atoms with Gasteiger partial charge in [-0.15, -0.1) is 0 Å². The summed E-state index contributed by atoms with van der Waals surface area (Å²) >= 11 is 0. The second-order valence-electron chi connectivity index (χ2n) is 5.34. The highest BCUT2D eigenvalue weighted by Crippen LogP contribution is 2.29. The normalized spacial score (nSPS) is 18.6. The topological polar surface area (TPSA) is 97.7 Å². The number of rotatable bonds is 4. The molecule has 1 aromatic rings. The van der Waals surface area contributed by atoms with Crippen molar-refractivity contribution < 1.29 is 9.53 Å². The van der Waals surface area contributed by atoms with Gasteiger partial charge in [-0.1, -0.05) is 0 Å². The highest BCUT2D eigenvalue weighted by atomic mass is 16.5. The fourth-order valence-electron chi connectivity index (χ4n) is 2.69. The predicted molar refractivity (Wildman–Crippen MR) is 82.7 cm³/mol. The summed E-state index contributed by atoms with van der Waals surface area (Å²) in [6.07, 6.45) is 4.39. The summed E-state index contributed by atoms with van der Waals surface area (Å²) in [6.45, 7) is 1.03. The Morgan fingerprint density at radius 2 is 2.29 bits per heavy atom. The first-order valence-corrected chi connectivity index (χ1v) is 7.06. The number of nitrogens with two attached hydrogens (primary N) is 2. The predicted octanol–water partition coefficient (Wildman–Crippen LogP) is 0.667. The van der Waals surface area contributed by atoms with Gasteiger partial charge in [0, 0.05) is 20.7 Å². The number of likely N-dealkylation sites (N-methyl/N-ethyl adjacent to an activating group) is 1. The average Bonchev–Trinajstić information content (AvgIpc) is 2.47. The van der Waals surface area contributed by atoms with Crippen LogP contribution < -0.4 is 16.4 Å². The van der Waals surface area contributed by atoms with Gasteiger partial charge in [-0.25, -0.2) is 4.98 Å². The SMILES string of the molecule is COCN(C)C(=O)C1CCCCN1c1ncc(N)cc1N. The summed E-state index contributed by atoms with van der Waals surface area (Å²) in [5.74, 6) is 0.655. The van der Waals surface area contributed by atoms with Crippen LogP contribution in [0, 0.1) is 0 Å². The molecule has 1 fully saturated rings. The summed E-state index contributed by atoms with van der Waals surface area (Å²) in [5, 5.41) is 0. The van der Waals surface area contributed by atoms with Crippen LogP contribution in [0.15, 0.2) is 12.3 Å². The first-order chi connectivity index (χ1) is 10.0. The Morgan fingerprint density at radius 3 is 2.95 bits per heavy atom. The number of pyridine rings is 1. The summed E-state index contributed by atoms with van der Waals surface area (Å²) < 4.78 is 5.03. The number of hydrogen-bond donors (Lipinski definition) is 2. The van der Waals surface area contributed by atoms with Crippen molar-refractivity contribution in [1.29, 1.82) is 0 Å². The van der Waals surface area contributed by atoms with Gasteiger partial charge in [-0.3, -0.25) is 4.79 Å². The van der Waals surface area contributed by atoms with Crippen LogP contribution in [-0.4, -0.2) is 49.3 Å². The number of methoxy groups -OCH3 is 1. The number of ether oxygens (including phenoxy) is 1. The monoisotopic (exact) mass is 293 g/mol. The number of amides is 1. The second kappa shape index (κ2) is 6.62. The molecule has 1 aliphatic rings. The lowest BCUT2D eigenvalue weighted by molar-refractivity contribution is -0.136. The molecule has 0 spiro atoms. The van der Waals surface area contributed by atoms with Gasteiger partial charge in [0.15, 0.2) is 5.82 Å². The summed E-state index contributed by atoms with van der Waals surface area (Å²) in [4.78, 5) is 20.4. The van der Waals surface area contributed by atoms with Crippen molar-refractivity contribution in [3.63, 3.8) is 0 Å². The molecule has 4 N–H and O–H groups in total. The van der Waals surface area contributed by atoms with Crippen molar-refractivity contribution in [3.05, 3.63) is 12.3 Å². The van der Waals surface area contributed by atoms with Crippen LogP contribution in [0.3, 0.4) is 0 Å². The summed E-state index contributed by atoms with van der Waals surface area (Å²) in [7, 11) is 3.31. The van der Waals surface area contributed by atoms with Gasteiger partial charge in [-0.2, -0.15) is 0 Å². The molecule has 1 aromatic heterocycles. The van der Waals surface area contributed by atoms with Crippen LogP contribution in [-0.2, 0) is 9.53 Å². The van der Waals surface area contributed by atoms with Gasteiger partial charge in [0.25, 0.3) is 0 Å². The lowest BCUT2D eigenvalue weighted by Gasteiger charge is -2.37. The number of piperidine rings is 1. The van der Waals surface area contributed by atoms with E-state index in [1.807, 2.05) is 4.90 Å². The largest absolute Gasteiger partial charge is 0.397 e. The maximum absolute atomic E-state index is 12.6. The standard InChI is InChI=1S/C14H23N5O2/c1-18(9-21-2)14(20)12-5-3-4-6-19(12)13-11(16)7-10(15)8-17-13/h7-8,12H,3-6,9,15-16H2,1-2H3. The Bertz CT molecular complexity index is 508. The number of carbonyl (C=O) groups is 1. The smallest absolute Gasteiger partial charge is 0.246 e. The first-order valence-electron chi connectivity index (χ1n) is 7.06. The fraction of sp³-hybridized carbons (Fsp3) is 0.571. The number of anilines is 3. The molecule has 1 amide bonds. The number of hydrogen-bond acceptors (Lipinski definition) is 6. The third-order valence-corrected chi connectivity index (χ3v) is 3.68. The van der Waals surface area contributed by atoms with E-state index in [0.29, 0.717) is 17.2 Å². The van der Waals surface area contributed by atoms with Crippen LogP contribution in [0.2, 0.25) is 0 Å². The number of carbonyl (C=O) groups excluding carboxylic acids is 1. The first kappa shape index (κ1) is 15.4. The van der Waals surface area contributed by atoms with Crippen molar-refractivity contribution in [1.82, 2.24) is 9.88 Å². The summed E-state index contributed by atoms with van der Waals surface area (Å²) in [6, 6.07) is 1.43. The van der Waals surface area contributed by atoms with Crippen LogP contribution in [0.4, 0.5) is 17.2 Å². The van der Waals surface area contributed by atoms with Gasteiger partial charge in [-0.05, 0) is 25.3 Å². The van der Waals surface area contributed by atoms with Gasteiger partial charge in [0.05, 0.1) is 17.6 Å². The molecule has 116 valence electrons. The van der Waals surface area contributed by atoms with E-state index in [1.54, 1.807) is 31.3 Å². The zero-order valence-corrected chi connectivity index (χ0v) is 12.6. The van der Waals surface area contributed by atoms with E-state index in [2.05, 4.69) is 4.98 Å². The van der Waals surface area contributed by atoms with Crippen molar-refractivity contribution >= 4 is 23.1 Å². The van der Waals surface area contributed by atoms with E-state index in [1.165, 1.54) is 0 Å². The zero-order valence-electron chi connectivity index (χ0n) is 12.6. The molecule has 2 rings (SSSR count). The van der Waals surface area contributed by atoms with Gasteiger partial charge >= 0.3 is 0 Å². The van der Waals surface area contributed by atoms with Gasteiger partial charge in [0.1, 0.15) is 12.8 Å². The van der Waals surface area contributed by atoms with Crippen molar-refractivity contribution in [3.8, 4) is 0 Å². The Morgan fingerprint density at radius 1 is 1.52 bits per heavy atom. The number of nitrogen functional groups attached to an aromatic ring is 2. The molecule has 1 unspecified atom stereocenters. The van der Waals surface area contributed by atoms with Crippen molar-refractivity contribution in [2.24, 2.45) is 0 Å². The third-order valence-electron chi connectivity index (χ3n) is 3.68. The minimum atomic E-state index is -0.252. The Hall–Kier alpha value is -2.02. The molecular formula is C14H23N5O2. The highest BCUT2D eigenvalue weighted by molar-refractivity contribution is 5.86. The quantitative estimate of drug-likeness (QED) is 0.792. The molecule has 1 atom stereocenters. The lowest BCUT2D eigenvalue weighted by atomic mass is 10.0. The maximum atomic E-state index is 12.6. The fourth-order valence-corrected chi connectivity index (χ4v) is 2.69. The molecule has 0 aromatic carbocycles. The summed E-state index contributed by atoms with van der Waals surface area (Å²) in [5.41, 5.74) is 12.7. The minimum Gasteiger partial charge on any atom is -0.397 e. The van der Waals surface area contributed by atoms with Crippen LogP contribution in [0.1, 0.15) is 19.3 Å². The number of aromatic nitrogens is 1. The molecule has 0 saturated carbocycles. The molecule has 7 heteroatoms. The van der Waals surface area contributed by atoms with E-state index < -0.39 is 0 Å². The second-order valence-corrected chi connectivity index (χ2v) is 5.34. The average molecular weight is 293 g/mol. The van der Waals surface area contributed by atoms with Crippen LogP contribution >= 0.6 is 0 Å². The molecule has 1 aliphatic heterocycles. The molecule has 7 nitrogen and oxygen atoms in total.